The highest BCUT2D eigenvalue weighted by Gasteiger charge is 2.17. The number of aliphatic hydroxyl groups excluding tert-OH is 1. The molecule has 3 rings (SSSR count). The van der Waals surface area contributed by atoms with E-state index in [9.17, 15) is 5.11 Å². The first kappa shape index (κ1) is 14.3. The molecule has 3 aromatic rings. The summed E-state index contributed by atoms with van der Waals surface area (Å²) in [5, 5.41) is 13.8. The minimum atomic E-state index is 0.0762. The van der Waals surface area contributed by atoms with Gasteiger partial charge in [-0.3, -0.25) is 0 Å². The minimum Gasteiger partial charge on any atom is -0.392 e. The van der Waals surface area contributed by atoms with Crippen LogP contribution in [0.5, 0.6) is 0 Å². The van der Waals surface area contributed by atoms with Gasteiger partial charge in [-0.15, -0.1) is 11.3 Å². The molecule has 0 amide bonds. The van der Waals surface area contributed by atoms with E-state index in [-0.39, 0.29) is 12.0 Å². The normalized spacial score (nSPS) is 12.2. The zero-order valence-corrected chi connectivity index (χ0v) is 13.4. The van der Waals surface area contributed by atoms with Crippen LogP contribution in [-0.2, 0) is 18.6 Å². The summed E-state index contributed by atoms with van der Waals surface area (Å²) in [6, 6.07) is 8.12. The van der Waals surface area contributed by atoms with Crippen molar-refractivity contribution < 1.29 is 5.11 Å². The van der Waals surface area contributed by atoms with E-state index < -0.39 is 0 Å². The average Bonchev–Trinajstić information content (AvgIpc) is 3.06. The summed E-state index contributed by atoms with van der Waals surface area (Å²) < 4.78 is 2.19. The van der Waals surface area contributed by atoms with Crippen LogP contribution >= 0.6 is 11.3 Å². The maximum atomic E-state index is 9.41. The summed E-state index contributed by atoms with van der Waals surface area (Å²) in [5.74, 6) is 0. The predicted octanol–water partition coefficient (Wildman–Crippen LogP) is 3.94. The van der Waals surface area contributed by atoms with Crippen LogP contribution in [-0.4, -0.2) is 14.7 Å². The molecule has 0 radical (unpaired) electrons. The Labute approximate surface area is 128 Å². The lowest BCUT2D eigenvalue weighted by atomic mass is 9.93. The Morgan fingerprint density at radius 3 is 2.71 bits per heavy atom. The molecule has 0 atom stereocenters. The fourth-order valence-electron chi connectivity index (χ4n) is 2.44. The van der Waals surface area contributed by atoms with E-state index >= 15 is 0 Å². The van der Waals surface area contributed by atoms with Gasteiger partial charge in [0.2, 0.25) is 0 Å². The molecular weight excluding hydrogens is 280 g/mol. The van der Waals surface area contributed by atoms with Gasteiger partial charge >= 0.3 is 0 Å². The van der Waals surface area contributed by atoms with E-state index in [1.807, 2.05) is 12.1 Å². The maximum Gasteiger partial charge on any atom is 0.113 e. The third-order valence-corrected chi connectivity index (χ3v) is 4.53. The number of hydrogen-bond acceptors (Lipinski definition) is 3. The van der Waals surface area contributed by atoms with Crippen LogP contribution in [0.4, 0.5) is 0 Å². The van der Waals surface area contributed by atoms with Crippen molar-refractivity contribution in [2.75, 3.05) is 0 Å². The second-order valence-corrected chi connectivity index (χ2v) is 7.27. The lowest BCUT2D eigenvalue weighted by Gasteiger charge is -2.14. The fraction of sp³-hybridized carbons (Fsp3) is 0.353. The third-order valence-electron chi connectivity index (χ3n) is 3.70. The highest BCUT2D eigenvalue weighted by molar-refractivity contribution is 7.09. The lowest BCUT2D eigenvalue weighted by molar-refractivity contribution is 0.283. The molecule has 1 N–H and O–H groups in total. The molecule has 110 valence electrons. The minimum absolute atomic E-state index is 0.0762. The molecule has 0 bridgehead atoms. The van der Waals surface area contributed by atoms with Crippen LogP contribution in [0, 0.1) is 0 Å². The van der Waals surface area contributed by atoms with Gasteiger partial charge in [-0.2, -0.15) is 0 Å². The zero-order chi connectivity index (χ0) is 15.0. The molecule has 0 saturated carbocycles. The summed E-state index contributed by atoms with van der Waals surface area (Å²) in [7, 11) is 0. The van der Waals surface area contributed by atoms with Gasteiger partial charge in [0.05, 0.1) is 18.8 Å². The molecule has 4 heteroatoms. The van der Waals surface area contributed by atoms with Crippen molar-refractivity contribution in [1.82, 2.24) is 9.55 Å². The van der Waals surface area contributed by atoms with Crippen molar-refractivity contribution in [2.24, 2.45) is 0 Å². The van der Waals surface area contributed by atoms with Gasteiger partial charge in [-0.25, -0.2) is 4.98 Å². The maximum absolute atomic E-state index is 9.41. The van der Waals surface area contributed by atoms with Crippen molar-refractivity contribution in [1.29, 1.82) is 0 Å². The molecule has 0 spiro atoms. The monoisotopic (exact) mass is 300 g/mol. The van der Waals surface area contributed by atoms with E-state index in [0.29, 0.717) is 0 Å². The van der Waals surface area contributed by atoms with E-state index in [0.717, 1.165) is 33.7 Å². The largest absolute Gasteiger partial charge is 0.392 e. The van der Waals surface area contributed by atoms with Crippen LogP contribution in [0.25, 0.3) is 10.9 Å². The third kappa shape index (κ3) is 2.74. The molecule has 21 heavy (non-hydrogen) atoms. The summed E-state index contributed by atoms with van der Waals surface area (Å²) in [6.45, 7) is 7.41. The van der Waals surface area contributed by atoms with E-state index in [1.54, 1.807) is 11.3 Å². The van der Waals surface area contributed by atoms with Crippen LogP contribution < -0.4 is 0 Å². The molecule has 2 heterocycles. The Kier molecular flexibility index (Phi) is 3.59. The van der Waals surface area contributed by atoms with Gasteiger partial charge < -0.3 is 9.67 Å². The number of hydrogen-bond donors (Lipinski definition) is 1. The number of thiazole rings is 1. The standard InChI is InChI=1S/C17H20N2OS/c1-17(2,3)15-11-21-16(18-15)9-19-8-7-13-12(10-20)5-4-6-14(13)19/h4-8,11,20H,9-10H2,1-3H3. The van der Waals surface area contributed by atoms with Crippen LogP contribution in [0.15, 0.2) is 35.8 Å². The summed E-state index contributed by atoms with van der Waals surface area (Å²) in [5.41, 5.74) is 3.36. The van der Waals surface area contributed by atoms with Gasteiger partial charge in [0.15, 0.2) is 0 Å². The number of rotatable bonds is 3. The molecule has 0 fully saturated rings. The van der Waals surface area contributed by atoms with Crippen molar-refractivity contribution in [2.45, 2.75) is 39.3 Å². The van der Waals surface area contributed by atoms with Crippen molar-refractivity contribution in [3.8, 4) is 0 Å². The smallest absolute Gasteiger partial charge is 0.113 e. The lowest BCUT2D eigenvalue weighted by Crippen LogP contribution is -2.11. The van der Waals surface area contributed by atoms with Gasteiger partial charge in [-0.05, 0) is 17.7 Å². The van der Waals surface area contributed by atoms with E-state index in [4.69, 9.17) is 4.98 Å². The molecule has 0 saturated heterocycles. The Morgan fingerprint density at radius 2 is 2.05 bits per heavy atom. The number of aromatic nitrogens is 2. The van der Waals surface area contributed by atoms with Gasteiger partial charge in [0, 0.05) is 27.9 Å². The number of aliphatic hydroxyl groups is 1. The highest BCUT2D eigenvalue weighted by atomic mass is 32.1. The van der Waals surface area contributed by atoms with Crippen molar-refractivity contribution >= 4 is 22.2 Å². The second-order valence-electron chi connectivity index (χ2n) is 6.33. The van der Waals surface area contributed by atoms with E-state index in [2.05, 4.69) is 49.0 Å². The van der Waals surface area contributed by atoms with Crippen molar-refractivity contribution in [3.63, 3.8) is 0 Å². The molecule has 0 aliphatic rings. The summed E-state index contributed by atoms with van der Waals surface area (Å²) in [4.78, 5) is 4.75. The Balaban J connectivity index is 1.94. The van der Waals surface area contributed by atoms with Crippen LogP contribution in [0.2, 0.25) is 0 Å². The molecule has 1 aromatic carbocycles. The quantitative estimate of drug-likeness (QED) is 0.795. The highest BCUT2D eigenvalue weighted by Crippen LogP contribution is 2.26. The van der Waals surface area contributed by atoms with Crippen LogP contribution in [0.1, 0.15) is 37.0 Å². The zero-order valence-electron chi connectivity index (χ0n) is 12.6. The summed E-state index contributed by atoms with van der Waals surface area (Å²) in [6.07, 6.45) is 2.07. The topological polar surface area (TPSA) is 38.0 Å². The molecule has 2 aromatic heterocycles. The molecule has 3 nitrogen and oxygen atoms in total. The SMILES string of the molecule is CC(C)(C)c1csc(Cn2ccc3c(CO)cccc32)n1. The number of benzene rings is 1. The van der Waals surface area contributed by atoms with Gasteiger partial charge in [0.1, 0.15) is 5.01 Å². The molecule has 0 aliphatic heterocycles. The first-order chi connectivity index (χ1) is 9.99. The predicted molar refractivity (Wildman–Crippen MR) is 87.8 cm³/mol. The van der Waals surface area contributed by atoms with Gasteiger partial charge in [-0.1, -0.05) is 32.9 Å². The number of nitrogens with zero attached hydrogens (tertiary/aromatic N) is 2. The van der Waals surface area contributed by atoms with Crippen LogP contribution in [0.3, 0.4) is 0 Å². The first-order valence-electron chi connectivity index (χ1n) is 7.11. The first-order valence-corrected chi connectivity index (χ1v) is 7.99. The summed E-state index contributed by atoms with van der Waals surface area (Å²) >= 11 is 1.71. The number of fused-ring (bicyclic) bond motifs is 1. The Morgan fingerprint density at radius 1 is 1.24 bits per heavy atom. The van der Waals surface area contributed by atoms with Gasteiger partial charge in [0.25, 0.3) is 0 Å². The molecule has 0 aliphatic carbocycles. The Bertz CT molecular complexity index is 765. The fourth-order valence-corrected chi connectivity index (χ4v) is 3.46. The Hall–Kier alpha value is -1.65. The van der Waals surface area contributed by atoms with Crippen molar-refractivity contribution in [3.05, 3.63) is 52.1 Å². The molecule has 0 unspecified atom stereocenters. The second kappa shape index (κ2) is 5.28. The van der Waals surface area contributed by atoms with E-state index in [1.165, 1.54) is 0 Å². The average molecular weight is 300 g/mol. The molecular formula is C17H20N2OS.